The molecular formula is C15H25N5O. The molecule has 6 heteroatoms. The van der Waals surface area contributed by atoms with Crippen LogP contribution in [0.4, 0.5) is 11.6 Å². The molecule has 0 bridgehead atoms. The predicted octanol–water partition coefficient (Wildman–Crippen LogP) is 2.11. The van der Waals surface area contributed by atoms with E-state index >= 15 is 0 Å². The molecule has 0 radical (unpaired) electrons. The number of nitrogens with zero attached hydrogens (tertiary/aromatic N) is 2. The van der Waals surface area contributed by atoms with Gasteiger partial charge in [0.1, 0.15) is 24.0 Å². The Labute approximate surface area is 126 Å². The summed E-state index contributed by atoms with van der Waals surface area (Å²) < 4.78 is 0. The summed E-state index contributed by atoms with van der Waals surface area (Å²) in [5.41, 5.74) is 1.02. The van der Waals surface area contributed by atoms with Crippen molar-refractivity contribution in [3.05, 3.63) is 11.9 Å². The van der Waals surface area contributed by atoms with Gasteiger partial charge in [-0.15, -0.1) is 0 Å². The zero-order chi connectivity index (χ0) is 15.4. The first-order valence-electron chi connectivity index (χ1n) is 7.68. The smallest absolute Gasteiger partial charge is 0.242 e. The van der Waals surface area contributed by atoms with Gasteiger partial charge in [-0.3, -0.25) is 4.79 Å². The number of nitrogens with one attached hydrogen (secondary N) is 3. The lowest BCUT2D eigenvalue weighted by Crippen LogP contribution is -2.39. The number of hydrogen-bond acceptors (Lipinski definition) is 5. The molecule has 3 N–H and O–H groups in total. The minimum atomic E-state index is -0.313. The Morgan fingerprint density at radius 1 is 1.29 bits per heavy atom. The summed E-state index contributed by atoms with van der Waals surface area (Å²) in [4.78, 5) is 20.7. The predicted molar refractivity (Wildman–Crippen MR) is 84.5 cm³/mol. The van der Waals surface area contributed by atoms with Crippen molar-refractivity contribution in [3.8, 4) is 0 Å². The van der Waals surface area contributed by atoms with Crippen LogP contribution in [-0.4, -0.2) is 34.5 Å². The summed E-state index contributed by atoms with van der Waals surface area (Å²) in [5, 5.41) is 9.47. The zero-order valence-electron chi connectivity index (χ0n) is 13.2. The van der Waals surface area contributed by atoms with Crippen LogP contribution in [0.1, 0.15) is 52.0 Å². The maximum absolute atomic E-state index is 12.1. The van der Waals surface area contributed by atoms with Crippen molar-refractivity contribution in [1.82, 2.24) is 15.3 Å². The van der Waals surface area contributed by atoms with Crippen molar-refractivity contribution in [2.45, 2.75) is 58.5 Å². The average molecular weight is 291 g/mol. The van der Waals surface area contributed by atoms with Crippen molar-refractivity contribution in [2.24, 2.45) is 0 Å². The van der Waals surface area contributed by atoms with E-state index in [0.717, 1.165) is 36.6 Å². The molecule has 0 aliphatic heterocycles. The van der Waals surface area contributed by atoms with Gasteiger partial charge in [0.05, 0.1) is 0 Å². The first-order valence-corrected chi connectivity index (χ1v) is 7.68. The van der Waals surface area contributed by atoms with Crippen molar-refractivity contribution < 1.29 is 4.79 Å². The molecule has 1 aromatic rings. The number of carbonyl (C=O) groups excluding carboxylic acids is 1. The van der Waals surface area contributed by atoms with E-state index in [9.17, 15) is 4.79 Å². The van der Waals surface area contributed by atoms with Gasteiger partial charge in [0.25, 0.3) is 0 Å². The van der Waals surface area contributed by atoms with Gasteiger partial charge >= 0.3 is 0 Å². The van der Waals surface area contributed by atoms with Gasteiger partial charge < -0.3 is 16.0 Å². The summed E-state index contributed by atoms with van der Waals surface area (Å²) in [5.74, 6) is 1.85. The fourth-order valence-electron chi connectivity index (χ4n) is 2.19. The monoisotopic (exact) mass is 291 g/mol. The van der Waals surface area contributed by atoms with Crippen molar-refractivity contribution in [3.63, 3.8) is 0 Å². The largest absolute Gasteiger partial charge is 0.370 e. The third kappa shape index (κ3) is 4.06. The summed E-state index contributed by atoms with van der Waals surface area (Å²) in [6.45, 7) is 8.88. The van der Waals surface area contributed by atoms with Gasteiger partial charge in [-0.2, -0.15) is 0 Å². The van der Waals surface area contributed by atoms with Crippen molar-refractivity contribution in [2.75, 3.05) is 17.2 Å². The summed E-state index contributed by atoms with van der Waals surface area (Å²) in [7, 11) is 0. The first kappa shape index (κ1) is 15.5. The molecule has 0 saturated heterocycles. The Kier molecular flexibility index (Phi) is 4.98. The molecule has 1 aromatic heterocycles. The first-order chi connectivity index (χ1) is 10.0. The SMILES string of the molecule is CCNc1ncnc(NC(C)C(=O)NC2CC2)c1C(C)C. The topological polar surface area (TPSA) is 78.9 Å². The van der Waals surface area contributed by atoms with Crippen LogP contribution in [0.15, 0.2) is 6.33 Å². The fourth-order valence-corrected chi connectivity index (χ4v) is 2.19. The zero-order valence-corrected chi connectivity index (χ0v) is 13.2. The molecular weight excluding hydrogens is 266 g/mol. The Morgan fingerprint density at radius 2 is 1.95 bits per heavy atom. The molecule has 2 rings (SSSR count). The maximum atomic E-state index is 12.1. The highest BCUT2D eigenvalue weighted by atomic mass is 16.2. The van der Waals surface area contributed by atoms with Gasteiger partial charge in [0.2, 0.25) is 5.91 Å². The van der Waals surface area contributed by atoms with E-state index in [4.69, 9.17) is 0 Å². The van der Waals surface area contributed by atoms with Crippen LogP contribution < -0.4 is 16.0 Å². The van der Waals surface area contributed by atoms with Crippen molar-refractivity contribution in [1.29, 1.82) is 0 Å². The fraction of sp³-hybridized carbons (Fsp3) is 0.667. The van der Waals surface area contributed by atoms with Gasteiger partial charge in [-0.25, -0.2) is 9.97 Å². The molecule has 116 valence electrons. The van der Waals surface area contributed by atoms with E-state index in [1.54, 1.807) is 0 Å². The van der Waals surface area contributed by atoms with Gasteiger partial charge in [-0.05, 0) is 32.6 Å². The third-order valence-electron chi connectivity index (χ3n) is 3.48. The summed E-state index contributed by atoms with van der Waals surface area (Å²) >= 11 is 0. The Hall–Kier alpha value is -1.85. The van der Waals surface area contributed by atoms with Crippen LogP contribution in [0.5, 0.6) is 0 Å². The van der Waals surface area contributed by atoms with E-state index in [0.29, 0.717) is 6.04 Å². The Morgan fingerprint density at radius 3 is 2.52 bits per heavy atom. The highest BCUT2D eigenvalue weighted by Gasteiger charge is 2.26. The molecule has 0 aromatic carbocycles. The molecule has 21 heavy (non-hydrogen) atoms. The van der Waals surface area contributed by atoms with E-state index in [-0.39, 0.29) is 17.9 Å². The van der Waals surface area contributed by atoms with E-state index in [1.807, 2.05) is 13.8 Å². The van der Waals surface area contributed by atoms with Crippen LogP contribution in [-0.2, 0) is 4.79 Å². The van der Waals surface area contributed by atoms with Crippen LogP contribution in [0.25, 0.3) is 0 Å². The van der Waals surface area contributed by atoms with E-state index in [2.05, 4.69) is 39.8 Å². The number of rotatable bonds is 7. The third-order valence-corrected chi connectivity index (χ3v) is 3.48. The normalized spacial score (nSPS) is 15.7. The van der Waals surface area contributed by atoms with Crippen LogP contribution in [0.2, 0.25) is 0 Å². The molecule has 1 aliphatic carbocycles. The number of aromatic nitrogens is 2. The van der Waals surface area contributed by atoms with Crippen LogP contribution >= 0.6 is 0 Å². The number of hydrogen-bond donors (Lipinski definition) is 3. The molecule has 1 atom stereocenters. The van der Waals surface area contributed by atoms with Crippen LogP contribution in [0, 0.1) is 0 Å². The Balaban J connectivity index is 2.13. The minimum Gasteiger partial charge on any atom is -0.370 e. The minimum absolute atomic E-state index is 0.0239. The molecule has 1 saturated carbocycles. The van der Waals surface area contributed by atoms with E-state index in [1.165, 1.54) is 6.33 Å². The van der Waals surface area contributed by atoms with Crippen molar-refractivity contribution >= 4 is 17.5 Å². The van der Waals surface area contributed by atoms with Crippen LogP contribution in [0.3, 0.4) is 0 Å². The van der Waals surface area contributed by atoms with Gasteiger partial charge in [0.15, 0.2) is 0 Å². The molecule has 6 nitrogen and oxygen atoms in total. The lowest BCUT2D eigenvalue weighted by Gasteiger charge is -2.20. The quantitative estimate of drug-likeness (QED) is 0.717. The molecule has 1 unspecified atom stereocenters. The second-order valence-electron chi connectivity index (χ2n) is 5.82. The number of anilines is 2. The molecule has 0 spiro atoms. The number of carbonyl (C=O) groups is 1. The van der Waals surface area contributed by atoms with Gasteiger partial charge in [-0.1, -0.05) is 13.8 Å². The maximum Gasteiger partial charge on any atom is 0.242 e. The lowest BCUT2D eigenvalue weighted by atomic mass is 10.0. The molecule has 1 heterocycles. The van der Waals surface area contributed by atoms with E-state index < -0.39 is 0 Å². The summed E-state index contributed by atoms with van der Waals surface area (Å²) in [6.07, 6.45) is 3.71. The highest BCUT2D eigenvalue weighted by Crippen LogP contribution is 2.28. The summed E-state index contributed by atoms with van der Waals surface area (Å²) in [6, 6.07) is 0.0570. The molecule has 1 fully saturated rings. The molecule has 1 amide bonds. The Bertz CT molecular complexity index is 499. The number of amides is 1. The average Bonchev–Trinajstić information content (AvgIpc) is 3.22. The molecule has 1 aliphatic rings. The standard InChI is InChI=1S/C15H25N5O/c1-5-16-13-12(9(2)3)14(18-8-17-13)19-10(4)15(21)20-11-6-7-11/h8-11H,5-7H2,1-4H3,(H,20,21)(H2,16,17,18,19). The van der Waals surface area contributed by atoms with Gasteiger partial charge in [0, 0.05) is 18.2 Å². The second kappa shape index (κ2) is 6.74. The lowest BCUT2D eigenvalue weighted by molar-refractivity contribution is -0.121. The highest BCUT2D eigenvalue weighted by molar-refractivity contribution is 5.84. The second-order valence-corrected chi connectivity index (χ2v) is 5.82.